The topological polar surface area (TPSA) is 50.4 Å². The van der Waals surface area contributed by atoms with Crippen molar-refractivity contribution in [3.05, 3.63) is 65.7 Å². The Morgan fingerprint density at radius 3 is 2.54 bits per heavy atom. The highest BCUT2D eigenvalue weighted by Crippen LogP contribution is 2.47. The number of nitrogens with one attached hydrogen (secondary N) is 2. The molecule has 1 heterocycles. The quantitative estimate of drug-likeness (QED) is 0.862. The normalized spacial score (nSPS) is 25.7. The van der Waals surface area contributed by atoms with Gasteiger partial charge in [-0.15, -0.1) is 0 Å². The summed E-state index contributed by atoms with van der Waals surface area (Å²) in [6.07, 6.45) is 3.77. The first-order valence-corrected chi connectivity index (χ1v) is 9.44. The first kappa shape index (κ1) is 17.3. The van der Waals surface area contributed by atoms with Gasteiger partial charge in [-0.25, -0.2) is 0 Å². The van der Waals surface area contributed by atoms with E-state index in [2.05, 4.69) is 41.0 Å². The fraction of sp³-hybridized carbons (Fsp3) is 0.409. The second-order valence-electron chi connectivity index (χ2n) is 7.44. The molecule has 4 heteroatoms. The average Bonchev–Trinajstić information content (AvgIpc) is 2.95. The van der Waals surface area contributed by atoms with Gasteiger partial charge >= 0.3 is 0 Å². The van der Waals surface area contributed by atoms with Crippen molar-refractivity contribution in [1.82, 2.24) is 5.32 Å². The summed E-state index contributed by atoms with van der Waals surface area (Å²) in [6, 6.07) is 19.2. The van der Waals surface area contributed by atoms with Crippen LogP contribution < -0.4 is 10.6 Å². The lowest BCUT2D eigenvalue weighted by Crippen LogP contribution is -2.45. The lowest BCUT2D eigenvalue weighted by atomic mass is 9.69. The number of hydrogen-bond acceptors (Lipinski definition) is 3. The number of benzene rings is 2. The third-order valence-corrected chi connectivity index (χ3v) is 5.94. The van der Waals surface area contributed by atoms with Gasteiger partial charge in [0.1, 0.15) is 0 Å². The number of ether oxygens (including phenoxy) is 1. The SMILES string of the molecule is COCC(NC1CCC2(CC1)C(=O)Nc1ccccc12)c1ccccc1. The van der Waals surface area contributed by atoms with Crippen LogP contribution in [0.25, 0.3) is 0 Å². The number of fused-ring (bicyclic) bond motifs is 2. The second-order valence-corrected chi connectivity index (χ2v) is 7.44. The smallest absolute Gasteiger partial charge is 0.235 e. The molecule has 1 aliphatic carbocycles. The van der Waals surface area contributed by atoms with Crippen LogP contribution in [0.3, 0.4) is 0 Å². The molecule has 1 unspecified atom stereocenters. The van der Waals surface area contributed by atoms with Gasteiger partial charge in [0.2, 0.25) is 5.91 Å². The maximum atomic E-state index is 12.7. The van der Waals surface area contributed by atoms with E-state index in [0.29, 0.717) is 12.6 Å². The van der Waals surface area contributed by atoms with Gasteiger partial charge in [-0.3, -0.25) is 4.79 Å². The fourth-order valence-electron chi connectivity index (χ4n) is 4.52. The molecule has 1 amide bonds. The monoisotopic (exact) mass is 350 g/mol. The van der Waals surface area contributed by atoms with Crippen LogP contribution in [0.1, 0.15) is 42.9 Å². The van der Waals surface area contributed by atoms with E-state index >= 15 is 0 Å². The van der Waals surface area contributed by atoms with Crippen molar-refractivity contribution in [2.45, 2.75) is 43.2 Å². The van der Waals surface area contributed by atoms with Crippen molar-refractivity contribution in [3.8, 4) is 0 Å². The standard InChI is InChI=1S/C22H26N2O2/c1-26-15-20(16-7-3-2-4-8-16)23-17-11-13-22(14-12-17)18-9-5-6-10-19(18)24-21(22)25/h2-10,17,20,23H,11-15H2,1H3,(H,24,25). The summed E-state index contributed by atoms with van der Waals surface area (Å²) >= 11 is 0. The Balaban J connectivity index is 1.46. The van der Waals surface area contributed by atoms with Crippen molar-refractivity contribution in [2.75, 3.05) is 19.0 Å². The third kappa shape index (κ3) is 3.04. The van der Waals surface area contributed by atoms with Crippen molar-refractivity contribution >= 4 is 11.6 Å². The molecule has 4 nitrogen and oxygen atoms in total. The van der Waals surface area contributed by atoms with Crippen molar-refractivity contribution < 1.29 is 9.53 Å². The molecule has 0 saturated heterocycles. The molecule has 2 N–H and O–H groups in total. The lowest BCUT2D eigenvalue weighted by Gasteiger charge is -2.37. The van der Waals surface area contributed by atoms with Gasteiger partial charge in [-0.2, -0.15) is 0 Å². The largest absolute Gasteiger partial charge is 0.383 e. The van der Waals surface area contributed by atoms with Gasteiger partial charge in [-0.05, 0) is 42.9 Å². The van der Waals surface area contributed by atoms with Gasteiger partial charge in [0, 0.05) is 18.8 Å². The van der Waals surface area contributed by atoms with Gasteiger partial charge in [0.05, 0.1) is 18.1 Å². The molecule has 4 rings (SSSR count). The van der Waals surface area contributed by atoms with E-state index < -0.39 is 0 Å². The Morgan fingerprint density at radius 2 is 1.81 bits per heavy atom. The highest BCUT2D eigenvalue weighted by molar-refractivity contribution is 6.06. The van der Waals surface area contributed by atoms with E-state index in [1.165, 1.54) is 11.1 Å². The Kier molecular flexibility index (Phi) is 4.79. The van der Waals surface area contributed by atoms with Crippen LogP contribution in [0.5, 0.6) is 0 Å². The fourth-order valence-corrected chi connectivity index (χ4v) is 4.52. The molecule has 136 valence electrons. The number of para-hydroxylation sites is 1. The second kappa shape index (κ2) is 7.22. The van der Waals surface area contributed by atoms with E-state index in [0.717, 1.165) is 31.4 Å². The van der Waals surface area contributed by atoms with Crippen molar-refractivity contribution in [3.63, 3.8) is 0 Å². The van der Waals surface area contributed by atoms with Crippen LogP contribution in [0, 0.1) is 0 Å². The minimum atomic E-state index is -0.335. The van der Waals surface area contributed by atoms with Crippen molar-refractivity contribution in [1.29, 1.82) is 0 Å². The first-order valence-electron chi connectivity index (χ1n) is 9.44. The predicted molar refractivity (Wildman–Crippen MR) is 103 cm³/mol. The average molecular weight is 350 g/mol. The van der Waals surface area contributed by atoms with E-state index in [4.69, 9.17) is 4.74 Å². The van der Waals surface area contributed by atoms with Gasteiger partial charge in [-0.1, -0.05) is 48.5 Å². The minimum absolute atomic E-state index is 0.175. The Bertz CT molecular complexity index is 767. The number of hydrogen-bond donors (Lipinski definition) is 2. The molecular weight excluding hydrogens is 324 g/mol. The van der Waals surface area contributed by atoms with Crippen LogP contribution in [-0.2, 0) is 14.9 Å². The molecule has 2 aliphatic rings. The number of carbonyl (C=O) groups is 1. The summed E-state index contributed by atoms with van der Waals surface area (Å²) in [5, 5.41) is 6.84. The number of methoxy groups -OCH3 is 1. The first-order chi connectivity index (χ1) is 12.7. The van der Waals surface area contributed by atoms with Gasteiger partial charge < -0.3 is 15.4 Å². The molecule has 1 aliphatic heterocycles. The molecule has 1 saturated carbocycles. The highest BCUT2D eigenvalue weighted by Gasteiger charge is 2.48. The van der Waals surface area contributed by atoms with Crippen LogP contribution >= 0.6 is 0 Å². The lowest BCUT2D eigenvalue weighted by molar-refractivity contribution is -0.122. The van der Waals surface area contributed by atoms with Gasteiger partial charge in [0.25, 0.3) is 0 Å². The molecule has 0 bridgehead atoms. The van der Waals surface area contributed by atoms with E-state index in [1.807, 2.05) is 24.3 Å². The maximum absolute atomic E-state index is 12.7. The molecule has 26 heavy (non-hydrogen) atoms. The van der Waals surface area contributed by atoms with E-state index in [1.54, 1.807) is 7.11 Å². The predicted octanol–water partition coefficient (Wildman–Crippen LogP) is 3.80. The number of rotatable bonds is 5. The van der Waals surface area contributed by atoms with E-state index in [-0.39, 0.29) is 17.4 Å². The Labute approximate surface area is 155 Å². The molecule has 1 spiro atoms. The summed E-state index contributed by atoms with van der Waals surface area (Å²) in [7, 11) is 1.74. The summed E-state index contributed by atoms with van der Waals surface area (Å²) in [4.78, 5) is 12.7. The number of carbonyl (C=O) groups excluding carboxylic acids is 1. The zero-order valence-corrected chi connectivity index (χ0v) is 15.2. The van der Waals surface area contributed by atoms with Crippen LogP contribution in [0.15, 0.2) is 54.6 Å². The number of amides is 1. The number of anilines is 1. The van der Waals surface area contributed by atoms with Crippen LogP contribution in [0.2, 0.25) is 0 Å². The summed E-state index contributed by atoms with van der Waals surface area (Å²) in [5.41, 5.74) is 3.09. The van der Waals surface area contributed by atoms with Crippen molar-refractivity contribution in [2.24, 2.45) is 0 Å². The maximum Gasteiger partial charge on any atom is 0.235 e. The molecular formula is C22H26N2O2. The highest BCUT2D eigenvalue weighted by atomic mass is 16.5. The zero-order valence-electron chi connectivity index (χ0n) is 15.2. The summed E-state index contributed by atoms with van der Waals surface area (Å²) in [5.74, 6) is 0.175. The molecule has 0 radical (unpaired) electrons. The summed E-state index contributed by atoms with van der Waals surface area (Å²) < 4.78 is 5.43. The molecule has 1 fully saturated rings. The molecule has 2 aromatic carbocycles. The molecule has 0 aromatic heterocycles. The Hall–Kier alpha value is -2.17. The molecule has 1 atom stereocenters. The third-order valence-electron chi connectivity index (χ3n) is 5.94. The summed E-state index contributed by atoms with van der Waals surface area (Å²) in [6.45, 7) is 0.648. The molecule has 2 aromatic rings. The van der Waals surface area contributed by atoms with Crippen LogP contribution in [-0.4, -0.2) is 25.7 Å². The van der Waals surface area contributed by atoms with Crippen LogP contribution in [0.4, 0.5) is 5.69 Å². The zero-order chi connectivity index (χ0) is 18.0. The Morgan fingerprint density at radius 1 is 1.12 bits per heavy atom. The minimum Gasteiger partial charge on any atom is -0.383 e. The van der Waals surface area contributed by atoms with E-state index in [9.17, 15) is 4.79 Å². The van der Waals surface area contributed by atoms with Gasteiger partial charge in [0.15, 0.2) is 0 Å².